The van der Waals surface area contributed by atoms with Crippen molar-refractivity contribution in [3.8, 4) is 0 Å². The topological polar surface area (TPSA) is 63.4 Å². The lowest BCUT2D eigenvalue weighted by molar-refractivity contribution is 0.583. The summed E-state index contributed by atoms with van der Waals surface area (Å²) in [6.07, 6.45) is 2.43. The molecule has 1 aliphatic rings. The Hall–Kier alpha value is -1.07. The van der Waals surface area contributed by atoms with Gasteiger partial charge in [-0.2, -0.15) is 0 Å². The van der Waals surface area contributed by atoms with Crippen LogP contribution in [-0.4, -0.2) is 27.3 Å². The van der Waals surface area contributed by atoms with Crippen LogP contribution in [0, 0.1) is 0 Å². The molecule has 19 heavy (non-hydrogen) atoms. The fraction of sp³-hybridized carbons (Fsp3) is 0.571. The molecule has 0 aromatic heterocycles. The SMILES string of the molecule is CCCCS(=O)(=O)N1CC(CCN)c2ccccc21. The summed E-state index contributed by atoms with van der Waals surface area (Å²) in [5, 5.41) is 0. The van der Waals surface area contributed by atoms with E-state index in [2.05, 4.69) is 0 Å². The first-order valence-corrected chi connectivity index (χ1v) is 8.50. The first-order chi connectivity index (χ1) is 9.10. The Bertz CT molecular complexity index is 528. The second kappa shape index (κ2) is 5.92. The molecule has 0 fully saturated rings. The molecule has 4 nitrogen and oxygen atoms in total. The van der Waals surface area contributed by atoms with Crippen molar-refractivity contribution in [2.75, 3.05) is 23.1 Å². The summed E-state index contributed by atoms with van der Waals surface area (Å²) in [5.41, 5.74) is 7.60. The van der Waals surface area contributed by atoms with E-state index >= 15 is 0 Å². The molecule has 1 aromatic rings. The molecular formula is C14H22N2O2S. The summed E-state index contributed by atoms with van der Waals surface area (Å²) in [6.45, 7) is 3.13. The number of unbranched alkanes of at least 4 members (excludes halogenated alkanes) is 1. The predicted molar refractivity (Wildman–Crippen MR) is 78.9 cm³/mol. The zero-order chi connectivity index (χ0) is 13.9. The number of rotatable bonds is 6. The summed E-state index contributed by atoms with van der Waals surface area (Å²) < 4.78 is 26.4. The Morgan fingerprint density at radius 3 is 2.79 bits per heavy atom. The van der Waals surface area contributed by atoms with Crippen molar-refractivity contribution < 1.29 is 8.42 Å². The van der Waals surface area contributed by atoms with Crippen LogP contribution in [0.15, 0.2) is 24.3 Å². The van der Waals surface area contributed by atoms with Gasteiger partial charge < -0.3 is 5.73 Å². The van der Waals surface area contributed by atoms with Crippen LogP contribution in [0.5, 0.6) is 0 Å². The molecule has 0 saturated carbocycles. The lowest BCUT2D eigenvalue weighted by Crippen LogP contribution is -2.32. The van der Waals surface area contributed by atoms with E-state index in [1.807, 2.05) is 31.2 Å². The third kappa shape index (κ3) is 2.92. The molecule has 106 valence electrons. The van der Waals surface area contributed by atoms with Crippen LogP contribution >= 0.6 is 0 Å². The van der Waals surface area contributed by atoms with Crippen LogP contribution in [0.1, 0.15) is 37.7 Å². The van der Waals surface area contributed by atoms with E-state index in [1.165, 1.54) is 0 Å². The predicted octanol–water partition coefficient (Wildman–Crippen LogP) is 2.07. The number of sulfonamides is 1. The number of nitrogens with zero attached hydrogens (tertiary/aromatic N) is 1. The maximum absolute atomic E-state index is 12.4. The maximum atomic E-state index is 12.4. The molecule has 1 heterocycles. The molecule has 0 amide bonds. The number of hydrogen-bond donors (Lipinski definition) is 1. The van der Waals surface area contributed by atoms with Gasteiger partial charge in [0.05, 0.1) is 11.4 Å². The van der Waals surface area contributed by atoms with Crippen molar-refractivity contribution >= 4 is 15.7 Å². The summed E-state index contributed by atoms with van der Waals surface area (Å²) in [6, 6.07) is 7.77. The van der Waals surface area contributed by atoms with Crippen LogP contribution in [0.2, 0.25) is 0 Å². The molecular weight excluding hydrogens is 260 g/mol. The average molecular weight is 282 g/mol. The highest BCUT2D eigenvalue weighted by atomic mass is 32.2. The molecule has 0 aliphatic carbocycles. The van der Waals surface area contributed by atoms with Crippen LogP contribution in [0.3, 0.4) is 0 Å². The smallest absolute Gasteiger partial charge is 0.235 e. The Kier molecular flexibility index (Phi) is 4.47. The number of benzene rings is 1. The molecule has 0 radical (unpaired) electrons. The van der Waals surface area contributed by atoms with Gasteiger partial charge in [-0.3, -0.25) is 4.31 Å². The summed E-state index contributed by atoms with van der Waals surface area (Å²) >= 11 is 0. The Balaban J connectivity index is 2.29. The van der Waals surface area contributed by atoms with Gasteiger partial charge in [0.15, 0.2) is 0 Å². The van der Waals surface area contributed by atoms with E-state index in [-0.39, 0.29) is 11.7 Å². The van der Waals surface area contributed by atoms with Crippen molar-refractivity contribution in [3.05, 3.63) is 29.8 Å². The minimum absolute atomic E-state index is 0.229. The number of para-hydroxylation sites is 1. The number of fused-ring (bicyclic) bond motifs is 1. The fourth-order valence-electron chi connectivity index (χ4n) is 2.61. The zero-order valence-electron chi connectivity index (χ0n) is 11.4. The summed E-state index contributed by atoms with van der Waals surface area (Å²) in [7, 11) is -3.19. The zero-order valence-corrected chi connectivity index (χ0v) is 12.2. The van der Waals surface area contributed by atoms with Gasteiger partial charge in [0.25, 0.3) is 0 Å². The Labute approximate surface area is 115 Å². The lowest BCUT2D eigenvalue weighted by Gasteiger charge is -2.19. The Morgan fingerprint density at radius 1 is 1.37 bits per heavy atom. The number of nitrogens with two attached hydrogens (primary N) is 1. The lowest BCUT2D eigenvalue weighted by atomic mass is 9.98. The van der Waals surface area contributed by atoms with Gasteiger partial charge in [-0.05, 0) is 31.0 Å². The van der Waals surface area contributed by atoms with E-state index in [9.17, 15) is 8.42 Å². The van der Waals surface area contributed by atoms with E-state index in [1.54, 1.807) is 4.31 Å². The van der Waals surface area contributed by atoms with Gasteiger partial charge in [-0.1, -0.05) is 31.5 Å². The van der Waals surface area contributed by atoms with Crippen molar-refractivity contribution in [1.82, 2.24) is 0 Å². The molecule has 1 aliphatic heterocycles. The molecule has 1 aromatic carbocycles. The highest BCUT2D eigenvalue weighted by Gasteiger charge is 2.34. The van der Waals surface area contributed by atoms with E-state index < -0.39 is 10.0 Å². The van der Waals surface area contributed by atoms with Gasteiger partial charge in [0, 0.05) is 12.5 Å². The monoisotopic (exact) mass is 282 g/mol. The molecule has 5 heteroatoms. The summed E-state index contributed by atoms with van der Waals surface area (Å²) in [5.74, 6) is 0.463. The van der Waals surface area contributed by atoms with Gasteiger partial charge in [0.1, 0.15) is 0 Å². The van der Waals surface area contributed by atoms with Crippen molar-refractivity contribution in [2.45, 2.75) is 32.1 Å². The highest BCUT2D eigenvalue weighted by molar-refractivity contribution is 7.92. The first kappa shape index (κ1) is 14.3. The molecule has 2 rings (SSSR count). The van der Waals surface area contributed by atoms with Gasteiger partial charge >= 0.3 is 0 Å². The second-order valence-corrected chi connectivity index (χ2v) is 7.05. The third-order valence-electron chi connectivity index (χ3n) is 3.64. The third-order valence-corrected chi connectivity index (χ3v) is 5.46. The largest absolute Gasteiger partial charge is 0.330 e. The molecule has 2 N–H and O–H groups in total. The minimum Gasteiger partial charge on any atom is -0.330 e. The molecule has 1 atom stereocenters. The number of hydrogen-bond acceptors (Lipinski definition) is 3. The van der Waals surface area contributed by atoms with Crippen molar-refractivity contribution in [1.29, 1.82) is 0 Å². The first-order valence-electron chi connectivity index (χ1n) is 6.89. The fourth-order valence-corrected chi connectivity index (χ4v) is 4.35. The van der Waals surface area contributed by atoms with Crippen molar-refractivity contribution in [3.63, 3.8) is 0 Å². The van der Waals surface area contributed by atoms with Crippen LogP contribution in [0.4, 0.5) is 5.69 Å². The number of anilines is 1. The van der Waals surface area contributed by atoms with Gasteiger partial charge in [-0.25, -0.2) is 8.42 Å². The summed E-state index contributed by atoms with van der Waals surface area (Å²) in [4.78, 5) is 0. The van der Waals surface area contributed by atoms with Gasteiger partial charge in [-0.15, -0.1) is 0 Å². The average Bonchev–Trinajstić information content (AvgIpc) is 2.77. The van der Waals surface area contributed by atoms with Crippen molar-refractivity contribution in [2.24, 2.45) is 5.73 Å². The normalized spacial score (nSPS) is 18.6. The second-order valence-electron chi connectivity index (χ2n) is 5.03. The molecule has 1 unspecified atom stereocenters. The molecule has 0 spiro atoms. The Morgan fingerprint density at radius 2 is 2.11 bits per heavy atom. The van der Waals surface area contributed by atoms with Crippen LogP contribution in [0.25, 0.3) is 0 Å². The van der Waals surface area contributed by atoms with Gasteiger partial charge in [0.2, 0.25) is 10.0 Å². The van der Waals surface area contributed by atoms with E-state index in [0.717, 1.165) is 24.1 Å². The van der Waals surface area contributed by atoms with Crippen LogP contribution < -0.4 is 10.0 Å². The standard InChI is InChI=1S/C14H22N2O2S/c1-2-3-10-19(17,18)16-11-12(8-9-15)13-6-4-5-7-14(13)16/h4-7,12H,2-3,8-11,15H2,1H3. The van der Waals surface area contributed by atoms with E-state index in [0.29, 0.717) is 19.5 Å². The molecule has 0 bridgehead atoms. The van der Waals surface area contributed by atoms with Crippen LogP contribution in [-0.2, 0) is 10.0 Å². The molecule has 0 saturated heterocycles. The maximum Gasteiger partial charge on any atom is 0.235 e. The highest BCUT2D eigenvalue weighted by Crippen LogP contribution is 2.39. The quantitative estimate of drug-likeness (QED) is 0.868. The van der Waals surface area contributed by atoms with E-state index in [4.69, 9.17) is 5.73 Å². The minimum atomic E-state index is -3.19.